The van der Waals surface area contributed by atoms with Crippen molar-refractivity contribution in [2.75, 3.05) is 31.2 Å². The van der Waals surface area contributed by atoms with Gasteiger partial charge in [-0.05, 0) is 31.0 Å². The third kappa shape index (κ3) is 2.19. The highest BCUT2D eigenvalue weighted by Gasteiger charge is 2.24. The third-order valence-corrected chi connectivity index (χ3v) is 4.07. The van der Waals surface area contributed by atoms with Crippen LogP contribution in [0.15, 0.2) is 30.3 Å². The number of anilines is 1. The summed E-state index contributed by atoms with van der Waals surface area (Å²) in [4.78, 5) is 7.22. The van der Waals surface area contributed by atoms with Crippen LogP contribution in [0.2, 0.25) is 0 Å². The number of fused-ring (bicyclic) bond motifs is 1. The van der Waals surface area contributed by atoms with E-state index in [2.05, 4.69) is 35.2 Å². The summed E-state index contributed by atoms with van der Waals surface area (Å²) < 4.78 is 5.41. The summed E-state index contributed by atoms with van der Waals surface area (Å²) in [6.45, 7) is 3.61. The summed E-state index contributed by atoms with van der Waals surface area (Å²) in [5, 5.41) is 1.24. The van der Waals surface area contributed by atoms with E-state index in [1.807, 2.05) is 0 Å². The van der Waals surface area contributed by atoms with Crippen LogP contribution in [-0.4, -0.2) is 31.3 Å². The number of hydrogen-bond donors (Lipinski definition) is 0. The lowest BCUT2D eigenvalue weighted by atomic mass is 10.1. The smallest absolute Gasteiger partial charge is 0.0726 e. The standard InChI is InChI=1S/C16H18N2O/c1-2-12(1)15-6-4-13-3-5-14(11-16(13)17-15)18-7-9-19-10-8-18/h3-6,11-12H,1-2,7-10H2. The Morgan fingerprint density at radius 3 is 2.63 bits per heavy atom. The molecule has 1 saturated carbocycles. The monoisotopic (exact) mass is 254 g/mol. The van der Waals surface area contributed by atoms with Gasteiger partial charge in [-0.3, -0.25) is 4.98 Å². The van der Waals surface area contributed by atoms with Crippen LogP contribution in [-0.2, 0) is 4.74 Å². The first-order valence-corrected chi connectivity index (χ1v) is 7.13. The molecule has 0 N–H and O–H groups in total. The molecule has 0 unspecified atom stereocenters. The largest absolute Gasteiger partial charge is 0.378 e. The second kappa shape index (κ2) is 4.49. The minimum Gasteiger partial charge on any atom is -0.378 e. The molecule has 1 aliphatic heterocycles. The zero-order chi connectivity index (χ0) is 12.7. The molecule has 0 amide bonds. The minimum absolute atomic E-state index is 0.719. The maximum absolute atomic E-state index is 5.41. The van der Waals surface area contributed by atoms with Crippen molar-refractivity contribution in [1.29, 1.82) is 0 Å². The lowest BCUT2D eigenvalue weighted by Crippen LogP contribution is -2.36. The second-order valence-corrected chi connectivity index (χ2v) is 5.49. The van der Waals surface area contributed by atoms with E-state index in [0.717, 1.165) is 37.7 Å². The van der Waals surface area contributed by atoms with Gasteiger partial charge in [-0.2, -0.15) is 0 Å². The van der Waals surface area contributed by atoms with Gasteiger partial charge < -0.3 is 9.64 Å². The van der Waals surface area contributed by atoms with Crippen LogP contribution in [0.4, 0.5) is 5.69 Å². The number of morpholine rings is 1. The Kier molecular flexibility index (Phi) is 2.66. The molecule has 4 rings (SSSR count). The van der Waals surface area contributed by atoms with Crippen molar-refractivity contribution in [3.63, 3.8) is 0 Å². The topological polar surface area (TPSA) is 25.4 Å². The van der Waals surface area contributed by atoms with Gasteiger partial charge in [0.1, 0.15) is 0 Å². The van der Waals surface area contributed by atoms with Crippen LogP contribution in [0, 0.1) is 0 Å². The van der Waals surface area contributed by atoms with Crippen LogP contribution >= 0.6 is 0 Å². The highest BCUT2D eigenvalue weighted by atomic mass is 16.5. The van der Waals surface area contributed by atoms with E-state index in [0.29, 0.717) is 0 Å². The first-order valence-electron chi connectivity index (χ1n) is 7.13. The lowest BCUT2D eigenvalue weighted by molar-refractivity contribution is 0.122. The molecule has 2 fully saturated rings. The average molecular weight is 254 g/mol. The molecule has 2 heterocycles. The van der Waals surface area contributed by atoms with Gasteiger partial charge in [-0.15, -0.1) is 0 Å². The van der Waals surface area contributed by atoms with Gasteiger partial charge in [0.15, 0.2) is 0 Å². The van der Waals surface area contributed by atoms with Gasteiger partial charge in [0.25, 0.3) is 0 Å². The Hall–Kier alpha value is -1.61. The van der Waals surface area contributed by atoms with E-state index in [4.69, 9.17) is 9.72 Å². The molecule has 0 atom stereocenters. The fourth-order valence-electron chi connectivity index (χ4n) is 2.75. The first-order chi connectivity index (χ1) is 9.40. The zero-order valence-electron chi connectivity index (χ0n) is 11.0. The minimum atomic E-state index is 0.719. The summed E-state index contributed by atoms with van der Waals surface area (Å²) >= 11 is 0. The predicted octanol–water partition coefficient (Wildman–Crippen LogP) is 2.95. The van der Waals surface area contributed by atoms with Crippen LogP contribution in [0.1, 0.15) is 24.5 Å². The molecular weight excluding hydrogens is 236 g/mol. The van der Waals surface area contributed by atoms with Crippen molar-refractivity contribution in [3.05, 3.63) is 36.0 Å². The number of aromatic nitrogens is 1. The summed E-state index contributed by atoms with van der Waals surface area (Å²) in [6, 6.07) is 11.0. The van der Waals surface area contributed by atoms with Gasteiger partial charge in [0.2, 0.25) is 0 Å². The van der Waals surface area contributed by atoms with E-state index in [9.17, 15) is 0 Å². The average Bonchev–Trinajstić information content (AvgIpc) is 3.32. The van der Waals surface area contributed by atoms with E-state index < -0.39 is 0 Å². The van der Waals surface area contributed by atoms with Gasteiger partial charge in [-0.1, -0.05) is 12.1 Å². The molecule has 1 aromatic heterocycles. The maximum atomic E-state index is 5.41. The van der Waals surface area contributed by atoms with Crippen molar-refractivity contribution >= 4 is 16.6 Å². The first kappa shape index (κ1) is 11.2. The Morgan fingerprint density at radius 2 is 1.84 bits per heavy atom. The highest BCUT2D eigenvalue weighted by molar-refractivity contribution is 5.82. The summed E-state index contributed by atoms with van der Waals surface area (Å²) in [7, 11) is 0. The number of nitrogens with zero attached hydrogens (tertiary/aromatic N) is 2. The number of hydrogen-bond acceptors (Lipinski definition) is 3. The van der Waals surface area contributed by atoms with Crippen LogP contribution in [0.25, 0.3) is 10.9 Å². The Morgan fingerprint density at radius 1 is 1.05 bits per heavy atom. The molecule has 3 nitrogen and oxygen atoms in total. The SMILES string of the molecule is c1cc2ccc(C3CC3)nc2cc1N1CCOCC1. The fourth-order valence-corrected chi connectivity index (χ4v) is 2.75. The van der Waals surface area contributed by atoms with E-state index in [-0.39, 0.29) is 0 Å². The Balaban J connectivity index is 1.71. The van der Waals surface area contributed by atoms with E-state index in [1.54, 1.807) is 0 Å². The van der Waals surface area contributed by atoms with Crippen LogP contribution in [0.5, 0.6) is 0 Å². The molecule has 19 heavy (non-hydrogen) atoms. The molecule has 2 aromatic rings. The maximum Gasteiger partial charge on any atom is 0.0726 e. The van der Waals surface area contributed by atoms with Crippen molar-refractivity contribution in [2.24, 2.45) is 0 Å². The quantitative estimate of drug-likeness (QED) is 0.824. The van der Waals surface area contributed by atoms with Gasteiger partial charge in [0, 0.05) is 35.8 Å². The molecule has 0 radical (unpaired) electrons. The normalized spacial score (nSPS) is 19.9. The molecular formula is C16H18N2O. The molecule has 1 aliphatic carbocycles. The molecule has 1 aromatic carbocycles. The molecule has 0 bridgehead atoms. The molecule has 2 aliphatic rings. The second-order valence-electron chi connectivity index (χ2n) is 5.49. The number of benzene rings is 1. The van der Waals surface area contributed by atoms with Crippen molar-refractivity contribution in [1.82, 2.24) is 4.98 Å². The lowest BCUT2D eigenvalue weighted by Gasteiger charge is -2.28. The third-order valence-electron chi connectivity index (χ3n) is 4.07. The fraction of sp³-hybridized carbons (Fsp3) is 0.438. The van der Waals surface area contributed by atoms with Gasteiger partial charge in [-0.25, -0.2) is 0 Å². The predicted molar refractivity (Wildman–Crippen MR) is 76.8 cm³/mol. The summed E-state index contributed by atoms with van der Waals surface area (Å²) in [5.74, 6) is 0.719. The van der Waals surface area contributed by atoms with Crippen LogP contribution < -0.4 is 4.90 Å². The molecule has 98 valence electrons. The zero-order valence-corrected chi connectivity index (χ0v) is 11.0. The summed E-state index contributed by atoms with van der Waals surface area (Å²) in [6.07, 6.45) is 2.61. The van der Waals surface area contributed by atoms with Gasteiger partial charge >= 0.3 is 0 Å². The van der Waals surface area contributed by atoms with Crippen molar-refractivity contribution in [3.8, 4) is 0 Å². The Labute approximate surface area is 113 Å². The Bertz CT molecular complexity index is 601. The van der Waals surface area contributed by atoms with E-state index >= 15 is 0 Å². The van der Waals surface area contributed by atoms with Gasteiger partial charge in [0.05, 0.1) is 18.7 Å². The summed E-state index contributed by atoms with van der Waals surface area (Å²) in [5.41, 5.74) is 3.68. The molecule has 0 spiro atoms. The van der Waals surface area contributed by atoms with E-state index in [1.165, 1.54) is 29.6 Å². The number of rotatable bonds is 2. The van der Waals surface area contributed by atoms with Crippen molar-refractivity contribution < 1.29 is 4.74 Å². The molecule has 1 saturated heterocycles. The number of pyridine rings is 1. The number of ether oxygens (including phenoxy) is 1. The molecule has 3 heteroatoms. The van der Waals surface area contributed by atoms with Crippen molar-refractivity contribution in [2.45, 2.75) is 18.8 Å². The highest BCUT2D eigenvalue weighted by Crippen LogP contribution is 2.39. The van der Waals surface area contributed by atoms with Crippen LogP contribution in [0.3, 0.4) is 0 Å².